The highest BCUT2D eigenvalue weighted by molar-refractivity contribution is 5.81. The van der Waals surface area contributed by atoms with Gasteiger partial charge in [0.15, 0.2) is 0 Å². The van der Waals surface area contributed by atoms with Crippen molar-refractivity contribution >= 4 is 5.91 Å². The van der Waals surface area contributed by atoms with Gasteiger partial charge in [-0.3, -0.25) is 4.79 Å². The second kappa shape index (κ2) is 6.66. The molecule has 0 heterocycles. The number of benzene rings is 1. The zero-order valence-electron chi connectivity index (χ0n) is 12.1. The third-order valence-corrected chi connectivity index (χ3v) is 3.17. The van der Waals surface area contributed by atoms with Crippen molar-refractivity contribution in [3.05, 3.63) is 35.6 Å². The van der Waals surface area contributed by atoms with Crippen molar-refractivity contribution in [2.75, 3.05) is 13.6 Å². The number of carbonyl (C=O) groups excluding carboxylic acids is 1. The topological polar surface area (TPSA) is 41.1 Å². The molecule has 0 aliphatic rings. The smallest absolute Gasteiger partial charge is 0.226 e. The number of hydrogen-bond donors (Lipinski definition) is 2. The maximum absolute atomic E-state index is 13.1. The van der Waals surface area contributed by atoms with Crippen LogP contribution in [0.2, 0.25) is 0 Å². The highest BCUT2D eigenvalue weighted by Crippen LogP contribution is 2.14. The average Bonchev–Trinajstić information content (AvgIpc) is 2.35. The summed E-state index contributed by atoms with van der Waals surface area (Å²) >= 11 is 0. The Labute approximate surface area is 114 Å². The van der Waals surface area contributed by atoms with Crippen molar-refractivity contribution in [1.29, 1.82) is 0 Å². The lowest BCUT2D eigenvalue weighted by atomic mass is 9.91. The van der Waals surface area contributed by atoms with Crippen molar-refractivity contribution in [2.45, 2.75) is 33.2 Å². The summed E-state index contributed by atoms with van der Waals surface area (Å²) in [6.45, 7) is 6.41. The van der Waals surface area contributed by atoms with Gasteiger partial charge in [-0.15, -0.1) is 0 Å². The molecule has 1 atom stereocenters. The Hall–Kier alpha value is -1.42. The van der Waals surface area contributed by atoms with E-state index in [1.54, 1.807) is 19.2 Å². The number of amides is 1. The van der Waals surface area contributed by atoms with E-state index in [9.17, 15) is 9.18 Å². The van der Waals surface area contributed by atoms with Gasteiger partial charge in [0.1, 0.15) is 5.82 Å². The molecule has 0 fully saturated rings. The summed E-state index contributed by atoms with van der Waals surface area (Å²) in [6.07, 6.45) is 0.738. The summed E-state index contributed by atoms with van der Waals surface area (Å²) in [7, 11) is 1.64. The highest BCUT2D eigenvalue weighted by Gasteiger charge is 2.26. The van der Waals surface area contributed by atoms with Crippen molar-refractivity contribution in [1.82, 2.24) is 10.6 Å². The van der Waals surface area contributed by atoms with E-state index >= 15 is 0 Å². The van der Waals surface area contributed by atoms with Crippen LogP contribution in [-0.2, 0) is 11.2 Å². The summed E-state index contributed by atoms with van der Waals surface area (Å²) in [5.41, 5.74) is 0.503. The van der Waals surface area contributed by atoms with E-state index in [-0.39, 0.29) is 17.8 Å². The third-order valence-electron chi connectivity index (χ3n) is 3.17. The Morgan fingerprint density at radius 3 is 2.68 bits per heavy atom. The Kier molecular flexibility index (Phi) is 5.48. The van der Waals surface area contributed by atoms with E-state index in [1.165, 1.54) is 6.07 Å². The summed E-state index contributed by atoms with van der Waals surface area (Å²) in [5.74, 6) is -0.201. The van der Waals surface area contributed by atoms with Crippen LogP contribution in [0.3, 0.4) is 0 Å². The summed E-state index contributed by atoms with van der Waals surface area (Å²) < 4.78 is 13.1. The largest absolute Gasteiger partial charge is 0.359 e. The Morgan fingerprint density at radius 2 is 2.11 bits per heavy atom. The van der Waals surface area contributed by atoms with Crippen LogP contribution in [0.15, 0.2) is 24.3 Å². The minimum atomic E-state index is -0.453. The quantitative estimate of drug-likeness (QED) is 0.828. The van der Waals surface area contributed by atoms with Crippen molar-refractivity contribution in [3.63, 3.8) is 0 Å². The maximum Gasteiger partial charge on any atom is 0.226 e. The molecular formula is C15H23FN2O. The SMILES string of the molecule is CNC(=O)C(C)(C)CNC(C)Cc1cccc(F)c1. The molecule has 3 nitrogen and oxygen atoms in total. The first kappa shape index (κ1) is 15.6. The second-order valence-electron chi connectivity index (χ2n) is 5.58. The molecule has 4 heteroatoms. The lowest BCUT2D eigenvalue weighted by Gasteiger charge is -2.25. The molecule has 0 saturated heterocycles. The fourth-order valence-corrected chi connectivity index (χ4v) is 1.94. The van der Waals surface area contributed by atoms with Gasteiger partial charge in [-0.2, -0.15) is 0 Å². The Bertz CT molecular complexity index is 432. The fourth-order valence-electron chi connectivity index (χ4n) is 1.94. The average molecular weight is 266 g/mol. The molecule has 1 rings (SSSR count). The Balaban J connectivity index is 2.48. The van der Waals surface area contributed by atoms with Crippen LogP contribution in [0.4, 0.5) is 4.39 Å². The minimum absolute atomic E-state index is 0.0120. The van der Waals surface area contributed by atoms with Crippen LogP contribution >= 0.6 is 0 Å². The monoisotopic (exact) mass is 266 g/mol. The fraction of sp³-hybridized carbons (Fsp3) is 0.533. The van der Waals surface area contributed by atoms with Crippen LogP contribution in [0, 0.1) is 11.2 Å². The van der Waals surface area contributed by atoms with Crippen LogP contribution in [0.5, 0.6) is 0 Å². The van der Waals surface area contributed by atoms with Gasteiger partial charge >= 0.3 is 0 Å². The van der Waals surface area contributed by atoms with Crippen molar-refractivity contribution in [3.8, 4) is 0 Å². The number of nitrogens with one attached hydrogen (secondary N) is 2. The molecule has 1 aromatic carbocycles. The zero-order chi connectivity index (χ0) is 14.5. The lowest BCUT2D eigenvalue weighted by molar-refractivity contribution is -0.128. The molecule has 0 spiro atoms. The van der Waals surface area contributed by atoms with Crippen LogP contribution in [-0.4, -0.2) is 25.5 Å². The maximum atomic E-state index is 13.1. The van der Waals surface area contributed by atoms with Crippen LogP contribution in [0.1, 0.15) is 26.3 Å². The Morgan fingerprint density at radius 1 is 1.42 bits per heavy atom. The van der Waals surface area contributed by atoms with Gasteiger partial charge in [0.2, 0.25) is 5.91 Å². The molecule has 0 aliphatic carbocycles. The molecular weight excluding hydrogens is 243 g/mol. The molecule has 19 heavy (non-hydrogen) atoms. The molecule has 0 aromatic heterocycles. The van der Waals surface area contributed by atoms with Gasteiger partial charge in [-0.25, -0.2) is 4.39 Å². The molecule has 0 bridgehead atoms. The minimum Gasteiger partial charge on any atom is -0.359 e. The molecule has 1 amide bonds. The second-order valence-corrected chi connectivity index (χ2v) is 5.58. The van der Waals surface area contributed by atoms with Gasteiger partial charge < -0.3 is 10.6 Å². The number of rotatable bonds is 6. The summed E-state index contributed by atoms with van der Waals surface area (Å²) in [5, 5.41) is 5.98. The molecule has 0 radical (unpaired) electrons. The predicted octanol–water partition coefficient (Wildman–Crippen LogP) is 2.12. The first-order valence-corrected chi connectivity index (χ1v) is 6.55. The van der Waals surface area contributed by atoms with Crippen LogP contribution in [0.25, 0.3) is 0 Å². The van der Waals surface area contributed by atoms with Crippen molar-refractivity contribution in [2.24, 2.45) is 5.41 Å². The summed E-state index contributed by atoms with van der Waals surface area (Å²) in [6, 6.07) is 6.79. The highest BCUT2D eigenvalue weighted by atomic mass is 19.1. The normalized spacial score (nSPS) is 13.1. The molecule has 0 saturated carbocycles. The zero-order valence-corrected chi connectivity index (χ0v) is 12.1. The first-order valence-electron chi connectivity index (χ1n) is 6.55. The van der Waals surface area contributed by atoms with E-state index < -0.39 is 5.41 Å². The van der Waals surface area contributed by atoms with E-state index in [2.05, 4.69) is 10.6 Å². The molecule has 106 valence electrons. The number of halogens is 1. The first-order chi connectivity index (χ1) is 8.85. The number of carbonyl (C=O) groups is 1. The molecule has 1 unspecified atom stereocenters. The lowest BCUT2D eigenvalue weighted by Crippen LogP contribution is -2.44. The predicted molar refractivity (Wildman–Crippen MR) is 75.4 cm³/mol. The van der Waals surface area contributed by atoms with Gasteiger partial charge in [0, 0.05) is 19.6 Å². The third kappa shape index (κ3) is 4.99. The van der Waals surface area contributed by atoms with E-state index in [0.29, 0.717) is 6.54 Å². The van der Waals surface area contributed by atoms with Crippen molar-refractivity contribution < 1.29 is 9.18 Å². The molecule has 1 aromatic rings. The standard InChI is InChI=1S/C15H23FN2O/c1-11(8-12-6-5-7-13(16)9-12)18-10-15(2,3)14(19)17-4/h5-7,9,11,18H,8,10H2,1-4H3,(H,17,19). The van der Waals surface area contributed by atoms with E-state index in [1.807, 2.05) is 26.8 Å². The molecule has 0 aliphatic heterocycles. The van der Waals surface area contributed by atoms with E-state index in [0.717, 1.165) is 12.0 Å². The number of hydrogen-bond acceptors (Lipinski definition) is 2. The summed E-state index contributed by atoms with van der Waals surface area (Å²) in [4.78, 5) is 11.6. The van der Waals surface area contributed by atoms with Gasteiger partial charge in [-0.05, 0) is 44.9 Å². The van der Waals surface area contributed by atoms with Gasteiger partial charge in [0.05, 0.1) is 5.41 Å². The van der Waals surface area contributed by atoms with Gasteiger partial charge in [0.25, 0.3) is 0 Å². The molecule has 2 N–H and O–H groups in total. The van der Waals surface area contributed by atoms with Crippen LogP contribution < -0.4 is 10.6 Å². The van der Waals surface area contributed by atoms with Gasteiger partial charge in [-0.1, -0.05) is 12.1 Å². The van der Waals surface area contributed by atoms with E-state index in [4.69, 9.17) is 0 Å².